The number of rotatable bonds is 3. The molecule has 0 aromatic carbocycles. The van der Waals surface area contributed by atoms with Crippen molar-refractivity contribution in [3.63, 3.8) is 0 Å². The van der Waals surface area contributed by atoms with Crippen molar-refractivity contribution in [2.45, 2.75) is 6.92 Å². The SMILES string of the molecule is Cc1cn(OCCO)c(=O)n(C)c1=O. The second kappa shape index (κ2) is 4.10. The molecule has 0 saturated heterocycles. The van der Waals surface area contributed by atoms with Crippen LogP contribution in [-0.4, -0.2) is 27.6 Å². The molecule has 0 fully saturated rings. The van der Waals surface area contributed by atoms with E-state index in [0.29, 0.717) is 5.56 Å². The van der Waals surface area contributed by atoms with Crippen molar-refractivity contribution in [3.8, 4) is 0 Å². The second-order valence-corrected chi connectivity index (χ2v) is 2.84. The lowest BCUT2D eigenvalue weighted by Gasteiger charge is -2.08. The van der Waals surface area contributed by atoms with E-state index < -0.39 is 5.69 Å². The molecule has 14 heavy (non-hydrogen) atoms. The molecule has 0 bridgehead atoms. The highest BCUT2D eigenvalue weighted by Crippen LogP contribution is 1.82. The Bertz CT molecular complexity index is 432. The Labute approximate surface area is 79.9 Å². The van der Waals surface area contributed by atoms with Gasteiger partial charge in [-0.05, 0) is 6.92 Å². The van der Waals surface area contributed by atoms with Gasteiger partial charge in [0.05, 0.1) is 12.8 Å². The van der Waals surface area contributed by atoms with Gasteiger partial charge in [0.2, 0.25) is 0 Å². The lowest BCUT2D eigenvalue weighted by Crippen LogP contribution is -2.41. The summed E-state index contributed by atoms with van der Waals surface area (Å²) in [6, 6.07) is 0. The van der Waals surface area contributed by atoms with Crippen molar-refractivity contribution in [3.05, 3.63) is 32.6 Å². The first kappa shape index (κ1) is 10.5. The van der Waals surface area contributed by atoms with Crippen molar-refractivity contribution < 1.29 is 9.94 Å². The van der Waals surface area contributed by atoms with Crippen molar-refractivity contribution >= 4 is 0 Å². The van der Waals surface area contributed by atoms with Crippen LogP contribution in [-0.2, 0) is 7.05 Å². The summed E-state index contributed by atoms with van der Waals surface area (Å²) in [5.41, 5.74) is -0.502. The van der Waals surface area contributed by atoms with Crippen LogP contribution in [0, 0.1) is 6.92 Å². The molecule has 6 heteroatoms. The Balaban J connectivity index is 3.20. The minimum absolute atomic E-state index is 0.0115. The van der Waals surface area contributed by atoms with E-state index in [9.17, 15) is 9.59 Å². The summed E-state index contributed by atoms with van der Waals surface area (Å²) in [4.78, 5) is 27.5. The molecule has 0 spiro atoms. The van der Waals surface area contributed by atoms with Crippen molar-refractivity contribution in [2.24, 2.45) is 7.05 Å². The first-order valence-corrected chi connectivity index (χ1v) is 4.11. The standard InChI is InChI=1S/C8H12N2O4/c1-6-5-10(14-4-3-11)8(13)9(2)7(6)12/h5,11H,3-4H2,1-2H3. The Morgan fingerprint density at radius 1 is 1.50 bits per heavy atom. The van der Waals surface area contributed by atoms with E-state index in [-0.39, 0.29) is 18.8 Å². The molecule has 0 aliphatic carbocycles. The van der Waals surface area contributed by atoms with E-state index in [1.807, 2.05) is 0 Å². The zero-order valence-corrected chi connectivity index (χ0v) is 8.06. The third kappa shape index (κ3) is 1.85. The minimum atomic E-state index is -0.561. The van der Waals surface area contributed by atoms with E-state index in [4.69, 9.17) is 9.94 Å². The maximum absolute atomic E-state index is 11.4. The Hall–Kier alpha value is -1.56. The van der Waals surface area contributed by atoms with Crippen LogP contribution in [0.3, 0.4) is 0 Å². The van der Waals surface area contributed by atoms with E-state index in [1.54, 1.807) is 6.92 Å². The van der Waals surface area contributed by atoms with Gasteiger partial charge in [-0.1, -0.05) is 0 Å². The molecule has 0 amide bonds. The lowest BCUT2D eigenvalue weighted by molar-refractivity contribution is 0.0639. The summed E-state index contributed by atoms with van der Waals surface area (Å²) >= 11 is 0. The Morgan fingerprint density at radius 3 is 2.71 bits per heavy atom. The van der Waals surface area contributed by atoms with Gasteiger partial charge < -0.3 is 9.94 Å². The first-order chi connectivity index (χ1) is 6.57. The van der Waals surface area contributed by atoms with Crippen LogP contribution < -0.4 is 16.1 Å². The third-order valence-electron chi connectivity index (χ3n) is 1.75. The van der Waals surface area contributed by atoms with Crippen LogP contribution in [0.2, 0.25) is 0 Å². The maximum Gasteiger partial charge on any atom is 0.363 e. The monoisotopic (exact) mass is 200 g/mol. The average Bonchev–Trinajstić information content (AvgIpc) is 2.18. The quantitative estimate of drug-likeness (QED) is 0.629. The lowest BCUT2D eigenvalue weighted by atomic mass is 10.4. The Morgan fingerprint density at radius 2 is 2.14 bits per heavy atom. The molecule has 6 nitrogen and oxygen atoms in total. The minimum Gasteiger partial charge on any atom is -0.407 e. The summed E-state index contributed by atoms with van der Waals surface area (Å²) in [5.74, 6) is 0. The van der Waals surface area contributed by atoms with Crippen molar-refractivity contribution in [2.75, 3.05) is 13.2 Å². The number of aromatic nitrogens is 2. The predicted molar refractivity (Wildman–Crippen MR) is 49.2 cm³/mol. The smallest absolute Gasteiger partial charge is 0.363 e. The summed E-state index contributed by atoms with van der Waals surface area (Å²) in [5, 5.41) is 8.50. The van der Waals surface area contributed by atoms with Crippen LogP contribution in [0.4, 0.5) is 0 Å². The summed E-state index contributed by atoms with van der Waals surface area (Å²) in [6.07, 6.45) is 1.31. The number of hydrogen-bond donors (Lipinski definition) is 1. The van der Waals surface area contributed by atoms with Crippen molar-refractivity contribution in [1.29, 1.82) is 0 Å². The van der Waals surface area contributed by atoms with Crippen LogP contribution in [0.1, 0.15) is 5.56 Å². The molecule has 0 aliphatic rings. The molecule has 1 heterocycles. The van der Waals surface area contributed by atoms with E-state index in [2.05, 4.69) is 0 Å². The van der Waals surface area contributed by atoms with Crippen LogP contribution in [0.5, 0.6) is 0 Å². The number of hydrogen-bond acceptors (Lipinski definition) is 4. The molecule has 0 saturated carbocycles. The van der Waals surface area contributed by atoms with Crippen molar-refractivity contribution in [1.82, 2.24) is 9.30 Å². The molecule has 0 atom stereocenters. The number of nitrogens with zero attached hydrogens (tertiary/aromatic N) is 2. The van der Waals surface area contributed by atoms with Gasteiger partial charge in [0.25, 0.3) is 5.56 Å². The van der Waals surface area contributed by atoms with Gasteiger partial charge in [-0.25, -0.2) is 4.79 Å². The van der Waals surface area contributed by atoms with Crippen LogP contribution in [0.15, 0.2) is 15.8 Å². The van der Waals surface area contributed by atoms with E-state index in [0.717, 1.165) is 9.30 Å². The molecule has 1 rings (SSSR count). The highest BCUT2D eigenvalue weighted by Gasteiger charge is 2.05. The molecular formula is C8H12N2O4. The maximum atomic E-state index is 11.4. The fourth-order valence-electron chi connectivity index (χ4n) is 1.02. The van der Waals surface area contributed by atoms with E-state index >= 15 is 0 Å². The van der Waals surface area contributed by atoms with Gasteiger partial charge >= 0.3 is 5.69 Å². The third-order valence-corrected chi connectivity index (χ3v) is 1.75. The average molecular weight is 200 g/mol. The van der Waals surface area contributed by atoms with Gasteiger partial charge in [0.1, 0.15) is 6.61 Å². The van der Waals surface area contributed by atoms with Gasteiger partial charge in [0, 0.05) is 12.6 Å². The van der Waals surface area contributed by atoms with Gasteiger partial charge in [-0.3, -0.25) is 9.36 Å². The first-order valence-electron chi connectivity index (χ1n) is 4.11. The molecular weight excluding hydrogens is 188 g/mol. The topological polar surface area (TPSA) is 73.5 Å². The molecule has 0 radical (unpaired) electrons. The number of aliphatic hydroxyl groups is 1. The Kier molecular flexibility index (Phi) is 3.08. The molecule has 0 aliphatic heterocycles. The normalized spacial score (nSPS) is 10.2. The predicted octanol–water partition coefficient (Wildman–Crippen LogP) is -1.72. The molecule has 78 valence electrons. The zero-order chi connectivity index (χ0) is 10.7. The number of aryl methyl sites for hydroxylation is 1. The fourth-order valence-corrected chi connectivity index (χ4v) is 1.02. The molecule has 1 N–H and O–H groups in total. The summed E-state index contributed by atoms with van der Waals surface area (Å²) in [6.45, 7) is 1.41. The molecule has 1 aromatic heterocycles. The molecule has 0 unspecified atom stereocenters. The highest BCUT2D eigenvalue weighted by molar-refractivity contribution is 5.01. The highest BCUT2D eigenvalue weighted by atomic mass is 16.7. The number of aliphatic hydroxyl groups excluding tert-OH is 1. The molecule has 1 aromatic rings. The largest absolute Gasteiger partial charge is 0.407 e. The van der Waals surface area contributed by atoms with E-state index in [1.165, 1.54) is 13.2 Å². The van der Waals surface area contributed by atoms with Crippen LogP contribution in [0.25, 0.3) is 0 Å². The fraction of sp³-hybridized carbons (Fsp3) is 0.500. The van der Waals surface area contributed by atoms with Gasteiger partial charge in [0.15, 0.2) is 0 Å². The summed E-state index contributed by atoms with van der Waals surface area (Å²) in [7, 11) is 1.37. The van der Waals surface area contributed by atoms with Gasteiger partial charge in [-0.15, -0.1) is 4.73 Å². The second-order valence-electron chi connectivity index (χ2n) is 2.84. The zero-order valence-electron chi connectivity index (χ0n) is 8.06. The summed E-state index contributed by atoms with van der Waals surface area (Å²) < 4.78 is 1.89. The van der Waals surface area contributed by atoms with Gasteiger partial charge in [-0.2, -0.15) is 0 Å². The van der Waals surface area contributed by atoms with Crippen LogP contribution >= 0.6 is 0 Å².